The smallest absolute Gasteiger partial charge is 0.311 e. The maximum Gasteiger partial charge on any atom is 0.311 e. The first-order valence-electron chi connectivity index (χ1n) is 13.7. The van der Waals surface area contributed by atoms with E-state index in [-0.39, 0.29) is 18.4 Å². The van der Waals surface area contributed by atoms with Gasteiger partial charge in [0.1, 0.15) is 11.5 Å². The van der Waals surface area contributed by atoms with Crippen molar-refractivity contribution in [3.8, 4) is 34.5 Å². The van der Waals surface area contributed by atoms with Crippen LogP contribution in [-0.2, 0) is 9.59 Å². The molecule has 4 aromatic carbocycles. The van der Waals surface area contributed by atoms with Gasteiger partial charge in [0.25, 0.3) is 0 Å². The van der Waals surface area contributed by atoms with Crippen molar-refractivity contribution in [1.82, 2.24) is 0 Å². The fourth-order valence-corrected chi connectivity index (χ4v) is 4.50. The van der Waals surface area contributed by atoms with Crippen molar-refractivity contribution < 1.29 is 38.0 Å². The molecular formula is C33H37ClO8. The van der Waals surface area contributed by atoms with E-state index in [1.807, 2.05) is 37.3 Å². The molecule has 0 saturated heterocycles. The van der Waals surface area contributed by atoms with Crippen molar-refractivity contribution >= 4 is 45.1 Å². The maximum atomic E-state index is 11.7. The van der Waals surface area contributed by atoms with Crippen LogP contribution in [0.15, 0.2) is 48.5 Å². The number of fused-ring (bicyclic) bond motifs is 2. The van der Waals surface area contributed by atoms with Crippen LogP contribution in [0.2, 0.25) is 5.02 Å². The van der Waals surface area contributed by atoms with Crippen LogP contribution in [0.25, 0.3) is 21.5 Å². The molecule has 0 radical (unpaired) electrons. The summed E-state index contributed by atoms with van der Waals surface area (Å²) in [7, 11) is 4.68. The number of hydrogen-bond acceptors (Lipinski definition) is 8. The first-order valence-corrected chi connectivity index (χ1v) is 14.1. The molecule has 0 saturated carbocycles. The predicted octanol–water partition coefficient (Wildman–Crippen LogP) is 8.09. The third-order valence-corrected chi connectivity index (χ3v) is 6.62. The van der Waals surface area contributed by atoms with Crippen LogP contribution < -0.4 is 28.4 Å². The van der Waals surface area contributed by atoms with Crippen molar-refractivity contribution in [2.75, 3.05) is 27.9 Å². The van der Waals surface area contributed by atoms with Gasteiger partial charge in [-0.2, -0.15) is 0 Å². The summed E-state index contributed by atoms with van der Waals surface area (Å²) in [6.07, 6.45) is 1.52. The third kappa shape index (κ3) is 7.18. The lowest BCUT2D eigenvalue weighted by molar-refractivity contribution is -0.134. The van der Waals surface area contributed by atoms with Gasteiger partial charge >= 0.3 is 11.9 Å². The van der Waals surface area contributed by atoms with Gasteiger partial charge in [0, 0.05) is 51.0 Å². The number of benzene rings is 4. The zero-order chi connectivity index (χ0) is 30.8. The Morgan fingerprint density at radius 3 is 1.83 bits per heavy atom. The Morgan fingerprint density at radius 1 is 0.667 bits per heavy atom. The molecular weight excluding hydrogens is 560 g/mol. The monoisotopic (exact) mass is 596 g/mol. The second-order valence-electron chi connectivity index (χ2n) is 9.17. The van der Waals surface area contributed by atoms with Crippen molar-refractivity contribution in [2.45, 2.75) is 47.0 Å². The zero-order valence-electron chi connectivity index (χ0n) is 25.1. The number of carbonyl (C=O) groups excluding carboxylic acids is 2. The van der Waals surface area contributed by atoms with Crippen LogP contribution in [0.1, 0.15) is 45.6 Å². The standard InChI is InChI=1S/C17H20O4.C16H17ClO4/c1-4-10-20-14-11-15(19-3)17(21-16(18)5-2)13-9-7-6-8-12(13)14;1-5-13(18)21-14-9(2)15(19-3)16(20-4)11-7-6-10(17)8-12(11)14/h6-9,11H,4-5,10H2,1-3H3;6-8H,5H2,1-4H3. The highest BCUT2D eigenvalue weighted by molar-refractivity contribution is 6.31. The molecule has 42 heavy (non-hydrogen) atoms. The van der Waals surface area contributed by atoms with Gasteiger partial charge in [-0.3, -0.25) is 9.59 Å². The first kappa shape index (κ1) is 32.3. The molecule has 4 aromatic rings. The lowest BCUT2D eigenvalue weighted by Crippen LogP contribution is -2.08. The molecule has 0 aromatic heterocycles. The Balaban J connectivity index is 0.000000230. The molecule has 0 spiro atoms. The summed E-state index contributed by atoms with van der Waals surface area (Å²) in [6, 6.07) is 14.8. The van der Waals surface area contributed by atoms with Crippen molar-refractivity contribution in [3.05, 3.63) is 59.1 Å². The van der Waals surface area contributed by atoms with Crippen LogP contribution in [0.5, 0.6) is 34.5 Å². The molecule has 9 heteroatoms. The Morgan fingerprint density at radius 2 is 1.26 bits per heavy atom. The van der Waals surface area contributed by atoms with Crippen LogP contribution in [-0.4, -0.2) is 39.9 Å². The average molecular weight is 597 g/mol. The second kappa shape index (κ2) is 15.2. The fraction of sp³-hybridized carbons (Fsp3) is 0.333. The molecule has 0 aliphatic rings. The minimum atomic E-state index is -0.313. The summed E-state index contributed by atoms with van der Waals surface area (Å²) < 4.78 is 32.9. The summed E-state index contributed by atoms with van der Waals surface area (Å²) in [5.74, 6) is 2.68. The molecule has 8 nitrogen and oxygen atoms in total. The second-order valence-corrected chi connectivity index (χ2v) is 9.60. The van der Waals surface area contributed by atoms with E-state index >= 15 is 0 Å². The van der Waals surface area contributed by atoms with E-state index in [1.165, 1.54) is 0 Å². The van der Waals surface area contributed by atoms with Gasteiger partial charge in [0.05, 0.1) is 27.9 Å². The van der Waals surface area contributed by atoms with Gasteiger partial charge in [-0.05, 0) is 31.5 Å². The quantitative estimate of drug-likeness (QED) is 0.134. The van der Waals surface area contributed by atoms with Crippen molar-refractivity contribution in [2.24, 2.45) is 0 Å². The number of esters is 2. The van der Waals surface area contributed by atoms with Gasteiger partial charge in [0.2, 0.25) is 0 Å². The number of halogens is 1. The Bertz CT molecular complexity index is 1560. The number of rotatable bonds is 10. The number of ether oxygens (including phenoxy) is 6. The Kier molecular flexibility index (Phi) is 11.7. The minimum absolute atomic E-state index is 0.288. The van der Waals surface area contributed by atoms with Gasteiger partial charge in [-0.1, -0.05) is 56.6 Å². The average Bonchev–Trinajstić information content (AvgIpc) is 3.01. The molecule has 0 aliphatic carbocycles. The van der Waals surface area contributed by atoms with Crippen LogP contribution >= 0.6 is 11.6 Å². The summed E-state index contributed by atoms with van der Waals surface area (Å²) in [6.45, 7) is 8.00. The van der Waals surface area contributed by atoms with E-state index in [9.17, 15) is 9.59 Å². The van der Waals surface area contributed by atoms with Crippen LogP contribution in [0, 0.1) is 6.92 Å². The summed E-state index contributed by atoms with van der Waals surface area (Å²) >= 11 is 6.07. The van der Waals surface area contributed by atoms with E-state index in [2.05, 4.69) is 6.92 Å². The third-order valence-electron chi connectivity index (χ3n) is 6.38. The van der Waals surface area contributed by atoms with E-state index in [1.54, 1.807) is 53.4 Å². The highest BCUT2D eigenvalue weighted by atomic mass is 35.5. The van der Waals surface area contributed by atoms with Gasteiger partial charge in [0.15, 0.2) is 23.0 Å². The Labute approximate surface area is 251 Å². The first-order chi connectivity index (χ1) is 20.2. The molecule has 0 atom stereocenters. The van der Waals surface area contributed by atoms with Crippen molar-refractivity contribution in [3.63, 3.8) is 0 Å². The molecule has 0 amide bonds. The lowest BCUT2D eigenvalue weighted by atomic mass is 10.0. The fourth-order valence-electron chi connectivity index (χ4n) is 4.33. The highest BCUT2D eigenvalue weighted by Crippen LogP contribution is 2.46. The van der Waals surface area contributed by atoms with Crippen molar-refractivity contribution in [1.29, 1.82) is 0 Å². The SMILES string of the molecule is CCC(=O)Oc1c(C)c(OC)c(OC)c2ccc(Cl)cc12.CCCOc1cc(OC)c(OC(=O)CC)c2ccccc12. The normalized spacial score (nSPS) is 10.5. The maximum absolute atomic E-state index is 11.7. The molecule has 0 unspecified atom stereocenters. The largest absolute Gasteiger partial charge is 0.493 e. The van der Waals surface area contributed by atoms with E-state index < -0.39 is 0 Å². The highest BCUT2D eigenvalue weighted by Gasteiger charge is 2.21. The van der Waals surface area contributed by atoms with E-state index in [0.717, 1.165) is 33.7 Å². The predicted molar refractivity (Wildman–Crippen MR) is 165 cm³/mol. The molecule has 0 bridgehead atoms. The number of carbonyl (C=O) groups is 2. The number of methoxy groups -OCH3 is 3. The van der Waals surface area contributed by atoms with Crippen LogP contribution in [0.4, 0.5) is 0 Å². The molecule has 0 fully saturated rings. The Hall–Kier alpha value is -4.17. The topological polar surface area (TPSA) is 89.5 Å². The van der Waals surface area contributed by atoms with E-state index in [0.29, 0.717) is 52.4 Å². The minimum Gasteiger partial charge on any atom is -0.493 e. The van der Waals surface area contributed by atoms with Gasteiger partial charge in [-0.25, -0.2) is 0 Å². The van der Waals surface area contributed by atoms with Gasteiger partial charge < -0.3 is 28.4 Å². The lowest BCUT2D eigenvalue weighted by Gasteiger charge is -2.18. The molecule has 4 rings (SSSR count). The number of hydrogen-bond donors (Lipinski definition) is 0. The van der Waals surface area contributed by atoms with Gasteiger partial charge in [-0.15, -0.1) is 0 Å². The summed E-state index contributed by atoms with van der Waals surface area (Å²) in [5, 5.41) is 3.78. The summed E-state index contributed by atoms with van der Waals surface area (Å²) in [5.41, 5.74) is 0.700. The summed E-state index contributed by atoms with van der Waals surface area (Å²) in [4.78, 5) is 23.3. The van der Waals surface area contributed by atoms with Crippen LogP contribution in [0.3, 0.4) is 0 Å². The molecule has 0 N–H and O–H groups in total. The molecule has 0 aliphatic heterocycles. The van der Waals surface area contributed by atoms with E-state index in [4.69, 9.17) is 40.0 Å². The zero-order valence-corrected chi connectivity index (χ0v) is 25.8. The molecule has 224 valence electrons. The molecule has 0 heterocycles.